The molecule has 0 spiro atoms. The lowest BCUT2D eigenvalue weighted by Gasteiger charge is -2.26. The molecule has 1 aliphatic carbocycles. The van der Waals surface area contributed by atoms with Crippen LogP contribution in [0.4, 0.5) is 0 Å². The topological polar surface area (TPSA) is 70.5 Å². The minimum Gasteiger partial charge on any atom is -0.473 e. The molecule has 0 aromatic carbocycles. The molecule has 1 saturated carbocycles. The average Bonchev–Trinajstić information content (AvgIpc) is 2.50. The minimum absolute atomic E-state index is 0.00560. The lowest BCUT2D eigenvalue weighted by atomic mass is 9.89. The molecular formula is C15H21ClN2O4. The quantitative estimate of drug-likeness (QED) is 0.566. The predicted octanol–water partition coefficient (Wildman–Crippen LogP) is 2.65. The second kappa shape index (κ2) is 8.90. The van der Waals surface area contributed by atoms with Crippen molar-refractivity contribution in [2.75, 3.05) is 19.8 Å². The molecule has 7 heteroatoms. The maximum atomic E-state index is 11.6. The number of carbonyl (C=O) groups excluding carboxylic acids is 1. The van der Waals surface area contributed by atoms with Crippen molar-refractivity contribution in [3.63, 3.8) is 0 Å². The van der Waals surface area contributed by atoms with Gasteiger partial charge in [-0.3, -0.25) is 4.98 Å². The largest absolute Gasteiger partial charge is 0.473 e. The van der Waals surface area contributed by atoms with E-state index in [1.165, 1.54) is 18.8 Å². The van der Waals surface area contributed by atoms with Crippen LogP contribution >= 0.6 is 11.6 Å². The summed E-state index contributed by atoms with van der Waals surface area (Å²) in [7, 11) is 0. The van der Waals surface area contributed by atoms with E-state index >= 15 is 0 Å². The number of ether oxygens (including phenoxy) is 3. The maximum Gasteiger partial charge on any atom is 0.332 e. The van der Waals surface area contributed by atoms with Crippen molar-refractivity contribution in [3.05, 3.63) is 17.5 Å². The summed E-state index contributed by atoms with van der Waals surface area (Å²) in [5, 5.41) is 0.254. The van der Waals surface area contributed by atoms with Crippen LogP contribution < -0.4 is 4.74 Å². The van der Waals surface area contributed by atoms with Crippen molar-refractivity contribution < 1.29 is 19.0 Å². The van der Waals surface area contributed by atoms with Crippen LogP contribution in [0.25, 0.3) is 0 Å². The highest BCUT2D eigenvalue weighted by Crippen LogP contribution is 2.25. The lowest BCUT2D eigenvalue weighted by molar-refractivity contribution is -0.152. The number of aromatic nitrogens is 2. The summed E-state index contributed by atoms with van der Waals surface area (Å²) in [6.45, 7) is 2.54. The average molecular weight is 329 g/mol. The Balaban J connectivity index is 1.56. The Bertz CT molecular complexity index is 486. The Hall–Kier alpha value is -1.40. The molecule has 0 radical (unpaired) electrons. The van der Waals surface area contributed by atoms with Gasteiger partial charge in [-0.05, 0) is 18.8 Å². The molecule has 1 aromatic heterocycles. The number of esters is 1. The summed E-state index contributed by atoms with van der Waals surface area (Å²) in [6, 6.07) is 0. The first kappa shape index (κ1) is 17.0. The molecule has 2 atom stereocenters. The minimum atomic E-state index is -0.376. The molecule has 1 heterocycles. The first-order chi connectivity index (χ1) is 10.6. The van der Waals surface area contributed by atoms with Crippen LogP contribution in [0.3, 0.4) is 0 Å². The van der Waals surface area contributed by atoms with Crippen molar-refractivity contribution in [2.24, 2.45) is 5.92 Å². The molecule has 122 valence electrons. The van der Waals surface area contributed by atoms with E-state index in [1.54, 1.807) is 0 Å². The van der Waals surface area contributed by atoms with Gasteiger partial charge >= 0.3 is 5.97 Å². The molecule has 0 saturated heterocycles. The summed E-state index contributed by atoms with van der Waals surface area (Å²) in [4.78, 5) is 19.3. The van der Waals surface area contributed by atoms with E-state index in [4.69, 9.17) is 25.8 Å². The Morgan fingerprint density at radius 3 is 3.00 bits per heavy atom. The molecule has 0 amide bonds. The highest BCUT2D eigenvalue weighted by molar-refractivity contribution is 6.29. The number of rotatable bonds is 7. The molecule has 2 rings (SSSR count). The molecule has 0 bridgehead atoms. The van der Waals surface area contributed by atoms with E-state index in [0.29, 0.717) is 11.8 Å². The van der Waals surface area contributed by atoms with Gasteiger partial charge in [0.25, 0.3) is 0 Å². The summed E-state index contributed by atoms with van der Waals surface area (Å²) in [6.07, 6.45) is 7.48. The number of carbonyl (C=O) groups is 1. The van der Waals surface area contributed by atoms with E-state index in [-0.39, 0.29) is 37.0 Å². The number of nitrogens with zero attached hydrogens (tertiary/aromatic N) is 2. The van der Waals surface area contributed by atoms with Gasteiger partial charge in [-0.2, -0.15) is 4.98 Å². The molecule has 0 N–H and O–H groups in total. The lowest BCUT2D eigenvalue weighted by Crippen LogP contribution is -2.25. The van der Waals surface area contributed by atoms with Crippen LogP contribution in [0.1, 0.15) is 32.6 Å². The van der Waals surface area contributed by atoms with Gasteiger partial charge in [-0.15, -0.1) is 0 Å². The first-order valence-electron chi connectivity index (χ1n) is 7.51. The van der Waals surface area contributed by atoms with Crippen LogP contribution in [-0.4, -0.2) is 41.9 Å². The van der Waals surface area contributed by atoms with E-state index < -0.39 is 0 Å². The monoisotopic (exact) mass is 328 g/mol. The summed E-state index contributed by atoms with van der Waals surface area (Å²) in [5.74, 6) is 0.594. The van der Waals surface area contributed by atoms with Crippen molar-refractivity contribution >= 4 is 17.6 Å². The third kappa shape index (κ3) is 6.15. The van der Waals surface area contributed by atoms with Crippen molar-refractivity contribution in [1.82, 2.24) is 9.97 Å². The van der Waals surface area contributed by atoms with Gasteiger partial charge in [0.05, 0.1) is 18.5 Å². The third-order valence-corrected chi connectivity index (χ3v) is 3.69. The molecule has 0 aliphatic heterocycles. The molecule has 22 heavy (non-hydrogen) atoms. The van der Waals surface area contributed by atoms with Gasteiger partial charge in [-0.25, -0.2) is 4.79 Å². The Morgan fingerprint density at radius 2 is 2.23 bits per heavy atom. The fourth-order valence-electron chi connectivity index (χ4n) is 2.45. The van der Waals surface area contributed by atoms with Gasteiger partial charge in [-0.1, -0.05) is 31.4 Å². The zero-order chi connectivity index (χ0) is 15.8. The Morgan fingerprint density at radius 1 is 1.36 bits per heavy atom. The number of halogens is 1. The number of hydrogen-bond acceptors (Lipinski definition) is 6. The standard InChI is InChI=1S/C15H21ClN2O4/c1-11-3-2-4-12(7-11)22-10-15(19)21-6-5-20-14-9-17-8-13(16)18-14/h8-9,11-12H,2-7,10H2,1H3/t11-,12+/m1/s1. The van der Waals surface area contributed by atoms with E-state index in [0.717, 1.165) is 19.3 Å². The molecule has 0 unspecified atom stereocenters. The SMILES string of the molecule is C[C@@H]1CCC[C@H](OCC(=O)OCCOc2cncc(Cl)n2)C1. The van der Waals surface area contributed by atoms with Crippen molar-refractivity contribution in [2.45, 2.75) is 38.7 Å². The summed E-state index contributed by atoms with van der Waals surface area (Å²) < 4.78 is 15.9. The highest BCUT2D eigenvalue weighted by Gasteiger charge is 2.20. The summed E-state index contributed by atoms with van der Waals surface area (Å²) in [5.41, 5.74) is 0. The van der Waals surface area contributed by atoms with Crippen LogP contribution in [0, 0.1) is 5.92 Å². The fraction of sp³-hybridized carbons (Fsp3) is 0.667. The molecule has 6 nitrogen and oxygen atoms in total. The smallest absolute Gasteiger partial charge is 0.332 e. The van der Waals surface area contributed by atoms with Crippen LogP contribution in [0.2, 0.25) is 5.15 Å². The normalized spacial score (nSPS) is 21.4. The van der Waals surface area contributed by atoms with E-state index in [9.17, 15) is 4.79 Å². The molecule has 1 fully saturated rings. The van der Waals surface area contributed by atoms with Crippen LogP contribution in [0.15, 0.2) is 12.4 Å². The molecule has 1 aliphatic rings. The van der Waals surface area contributed by atoms with Crippen LogP contribution in [0.5, 0.6) is 5.88 Å². The van der Waals surface area contributed by atoms with Gasteiger partial charge in [0.2, 0.25) is 5.88 Å². The Kier molecular flexibility index (Phi) is 6.86. The fourth-order valence-corrected chi connectivity index (χ4v) is 2.59. The Labute approximate surface area is 135 Å². The van der Waals surface area contributed by atoms with E-state index in [1.807, 2.05) is 0 Å². The van der Waals surface area contributed by atoms with Gasteiger partial charge in [0.1, 0.15) is 19.8 Å². The second-order valence-electron chi connectivity index (χ2n) is 5.45. The van der Waals surface area contributed by atoms with E-state index in [2.05, 4.69) is 16.9 Å². The second-order valence-corrected chi connectivity index (χ2v) is 5.84. The highest BCUT2D eigenvalue weighted by atomic mass is 35.5. The first-order valence-corrected chi connectivity index (χ1v) is 7.89. The molecular weight excluding hydrogens is 308 g/mol. The number of hydrogen-bond donors (Lipinski definition) is 0. The molecule has 1 aromatic rings. The predicted molar refractivity (Wildman–Crippen MR) is 80.9 cm³/mol. The van der Waals surface area contributed by atoms with Crippen LogP contribution in [-0.2, 0) is 14.3 Å². The van der Waals surface area contributed by atoms with Crippen molar-refractivity contribution in [3.8, 4) is 5.88 Å². The zero-order valence-corrected chi connectivity index (χ0v) is 13.4. The summed E-state index contributed by atoms with van der Waals surface area (Å²) >= 11 is 5.68. The third-order valence-electron chi connectivity index (χ3n) is 3.50. The van der Waals surface area contributed by atoms with Gasteiger partial charge in [0.15, 0.2) is 5.15 Å². The van der Waals surface area contributed by atoms with Gasteiger partial charge in [0, 0.05) is 0 Å². The van der Waals surface area contributed by atoms with Crippen molar-refractivity contribution in [1.29, 1.82) is 0 Å². The zero-order valence-electron chi connectivity index (χ0n) is 12.7. The maximum absolute atomic E-state index is 11.6. The van der Waals surface area contributed by atoms with Gasteiger partial charge < -0.3 is 14.2 Å².